The molecule has 78 valence electrons. The topological polar surface area (TPSA) is 0 Å². The Bertz CT molecular complexity index is 300. The first-order chi connectivity index (χ1) is 6.34. The summed E-state index contributed by atoms with van der Waals surface area (Å²) in [6.45, 7) is 11.1. The second-order valence-electron chi connectivity index (χ2n) is 5.06. The number of hydrogen-bond donors (Lipinski definition) is 0. The molecule has 0 radical (unpaired) electrons. The van der Waals surface area contributed by atoms with E-state index in [-0.39, 0.29) is 5.41 Å². The highest BCUT2D eigenvalue weighted by atomic mass is 35.5. The molecule has 1 aromatic rings. The quantitative estimate of drug-likeness (QED) is 0.625. The minimum atomic E-state index is 0.260. The maximum absolute atomic E-state index is 6.23. The molecule has 1 rings (SSSR count). The summed E-state index contributed by atoms with van der Waals surface area (Å²) >= 11 is 6.23. The Kier molecular flexibility index (Phi) is 3.26. The zero-order valence-electron chi connectivity index (χ0n) is 9.69. The van der Waals surface area contributed by atoms with E-state index in [0.717, 1.165) is 5.02 Å². The fourth-order valence-corrected chi connectivity index (χ4v) is 2.01. The lowest BCUT2D eigenvalue weighted by Gasteiger charge is -2.29. The van der Waals surface area contributed by atoms with E-state index in [1.54, 1.807) is 0 Å². The van der Waals surface area contributed by atoms with Crippen LogP contribution in [0.15, 0.2) is 18.2 Å². The van der Waals surface area contributed by atoms with Gasteiger partial charge in [0.25, 0.3) is 0 Å². The van der Waals surface area contributed by atoms with Crippen LogP contribution in [-0.4, -0.2) is 0 Å². The van der Waals surface area contributed by atoms with Crippen LogP contribution in [0.1, 0.15) is 44.7 Å². The first-order valence-electron chi connectivity index (χ1n) is 5.09. The van der Waals surface area contributed by atoms with Gasteiger partial charge in [0.15, 0.2) is 0 Å². The van der Waals surface area contributed by atoms with E-state index in [4.69, 9.17) is 11.6 Å². The molecule has 0 aliphatic carbocycles. The van der Waals surface area contributed by atoms with Gasteiger partial charge in [0.1, 0.15) is 0 Å². The zero-order chi connectivity index (χ0) is 10.9. The molecule has 0 spiro atoms. The highest BCUT2D eigenvalue weighted by Crippen LogP contribution is 2.39. The van der Waals surface area contributed by atoms with E-state index in [9.17, 15) is 0 Å². The van der Waals surface area contributed by atoms with Gasteiger partial charge >= 0.3 is 0 Å². The predicted molar refractivity (Wildman–Crippen MR) is 64.1 cm³/mol. The maximum Gasteiger partial charge on any atom is 0.0443 e. The Labute approximate surface area is 92.3 Å². The van der Waals surface area contributed by atoms with E-state index in [0.29, 0.717) is 5.92 Å². The van der Waals surface area contributed by atoms with Crippen molar-refractivity contribution in [1.29, 1.82) is 0 Å². The normalized spacial score (nSPS) is 14.1. The molecule has 0 fully saturated rings. The number of halogens is 1. The summed E-state index contributed by atoms with van der Waals surface area (Å²) < 4.78 is 0. The Hall–Kier alpha value is -0.490. The van der Waals surface area contributed by atoms with Crippen molar-refractivity contribution in [3.63, 3.8) is 0 Å². The molecular weight excluding hydrogens is 192 g/mol. The molecule has 0 aliphatic heterocycles. The van der Waals surface area contributed by atoms with Gasteiger partial charge in [-0.1, -0.05) is 51.4 Å². The van der Waals surface area contributed by atoms with Crippen molar-refractivity contribution in [2.45, 2.75) is 40.5 Å². The lowest BCUT2D eigenvalue weighted by atomic mass is 9.76. The minimum Gasteiger partial charge on any atom is -0.0840 e. The molecule has 0 heterocycles. The molecule has 0 saturated heterocycles. The van der Waals surface area contributed by atoms with Crippen LogP contribution < -0.4 is 0 Å². The monoisotopic (exact) mass is 210 g/mol. The van der Waals surface area contributed by atoms with E-state index in [2.05, 4.69) is 40.7 Å². The molecule has 0 aliphatic rings. The summed E-state index contributed by atoms with van der Waals surface area (Å²) in [4.78, 5) is 0. The Morgan fingerprint density at radius 1 is 1.21 bits per heavy atom. The third kappa shape index (κ3) is 2.30. The number of aryl methyl sites for hydroxylation is 1. The molecule has 0 saturated carbocycles. The van der Waals surface area contributed by atoms with Crippen molar-refractivity contribution in [3.05, 3.63) is 34.3 Å². The fourth-order valence-electron chi connectivity index (χ4n) is 1.63. The second kappa shape index (κ2) is 3.94. The number of benzene rings is 1. The second-order valence-corrected chi connectivity index (χ2v) is 5.47. The standard InChI is InChI=1S/C13H19Cl/c1-9-7-6-8-11(14)12(9)10(2)13(3,4)5/h6-8,10H,1-5H3/t10-/m1/s1. The van der Waals surface area contributed by atoms with Crippen LogP contribution in [0.5, 0.6) is 0 Å². The third-order valence-corrected chi connectivity index (χ3v) is 3.33. The molecule has 1 aromatic carbocycles. The molecule has 0 amide bonds. The largest absolute Gasteiger partial charge is 0.0840 e. The first-order valence-corrected chi connectivity index (χ1v) is 5.47. The van der Waals surface area contributed by atoms with Gasteiger partial charge in [0.05, 0.1) is 0 Å². The molecular formula is C13H19Cl. The van der Waals surface area contributed by atoms with Crippen molar-refractivity contribution >= 4 is 11.6 Å². The first kappa shape index (κ1) is 11.6. The SMILES string of the molecule is Cc1cccc(Cl)c1[C@@H](C)C(C)(C)C. The summed E-state index contributed by atoms with van der Waals surface area (Å²) in [7, 11) is 0. The molecule has 0 unspecified atom stereocenters. The number of rotatable bonds is 1. The van der Waals surface area contributed by atoms with Crippen LogP contribution in [0.3, 0.4) is 0 Å². The van der Waals surface area contributed by atoms with Gasteiger partial charge in [-0.2, -0.15) is 0 Å². The predicted octanol–water partition coefficient (Wildman–Crippen LogP) is 4.80. The van der Waals surface area contributed by atoms with Crippen molar-refractivity contribution < 1.29 is 0 Å². The lowest BCUT2D eigenvalue weighted by Crippen LogP contribution is -2.16. The van der Waals surface area contributed by atoms with Gasteiger partial charge in [-0.15, -0.1) is 0 Å². The maximum atomic E-state index is 6.23. The van der Waals surface area contributed by atoms with Crippen molar-refractivity contribution in [2.24, 2.45) is 5.41 Å². The zero-order valence-corrected chi connectivity index (χ0v) is 10.4. The third-order valence-electron chi connectivity index (χ3n) is 3.00. The van der Waals surface area contributed by atoms with Crippen LogP contribution in [0, 0.1) is 12.3 Å². The minimum absolute atomic E-state index is 0.260. The molecule has 1 heteroatoms. The average molecular weight is 211 g/mol. The van der Waals surface area contributed by atoms with Crippen LogP contribution in [0.2, 0.25) is 5.02 Å². The summed E-state index contributed by atoms with van der Waals surface area (Å²) in [5.74, 6) is 0.483. The molecule has 0 nitrogen and oxygen atoms in total. The van der Waals surface area contributed by atoms with E-state index < -0.39 is 0 Å². The van der Waals surface area contributed by atoms with Crippen LogP contribution in [0.25, 0.3) is 0 Å². The Morgan fingerprint density at radius 2 is 1.79 bits per heavy atom. The molecule has 1 atom stereocenters. The average Bonchev–Trinajstić information content (AvgIpc) is 2.01. The smallest absolute Gasteiger partial charge is 0.0443 e. The summed E-state index contributed by atoms with van der Waals surface area (Å²) in [5, 5.41) is 0.896. The molecule has 14 heavy (non-hydrogen) atoms. The van der Waals surface area contributed by atoms with Crippen LogP contribution in [-0.2, 0) is 0 Å². The van der Waals surface area contributed by atoms with Crippen molar-refractivity contribution in [3.8, 4) is 0 Å². The lowest BCUT2D eigenvalue weighted by molar-refractivity contribution is 0.339. The summed E-state index contributed by atoms with van der Waals surface area (Å²) in [5.41, 5.74) is 2.84. The summed E-state index contributed by atoms with van der Waals surface area (Å²) in [6.07, 6.45) is 0. The van der Waals surface area contributed by atoms with E-state index in [1.165, 1.54) is 11.1 Å². The van der Waals surface area contributed by atoms with Crippen LogP contribution in [0.4, 0.5) is 0 Å². The Balaban J connectivity index is 3.19. The van der Waals surface area contributed by atoms with Gasteiger partial charge in [0, 0.05) is 5.02 Å². The van der Waals surface area contributed by atoms with Crippen molar-refractivity contribution in [1.82, 2.24) is 0 Å². The van der Waals surface area contributed by atoms with Gasteiger partial charge in [-0.3, -0.25) is 0 Å². The van der Waals surface area contributed by atoms with E-state index >= 15 is 0 Å². The molecule has 0 N–H and O–H groups in total. The Morgan fingerprint density at radius 3 is 2.21 bits per heavy atom. The van der Waals surface area contributed by atoms with Gasteiger partial charge in [-0.25, -0.2) is 0 Å². The van der Waals surface area contributed by atoms with Crippen molar-refractivity contribution in [2.75, 3.05) is 0 Å². The fraction of sp³-hybridized carbons (Fsp3) is 0.538. The van der Waals surface area contributed by atoms with Gasteiger partial charge < -0.3 is 0 Å². The molecule has 0 bridgehead atoms. The highest BCUT2D eigenvalue weighted by Gasteiger charge is 2.24. The number of hydrogen-bond acceptors (Lipinski definition) is 0. The summed E-state index contributed by atoms with van der Waals surface area (Å²) in [6, 6.07) is 6.12. The van der Waals surface area contributed by atoms with Gasteiger partial charge in [-0.05, 0) is 35.4 Å². The molecule has 0 aromatic heterocycles. The highest BCUT2D eigenvalue weighted by molar-refractivity contribution is 6.31. The van der Waals surface area contributed by atoms with Crippen LogP contribution >= 0.6 is 11.6 Å². The van der Waals surface area contributed by atoms with Gasteiger partial charge in [0.2, 0.25) is 0 Å². The van der Waals surface area contributed by atoms with E-state index in [1.807, 2.05) is 12.1 Å².